The Bertz CT molecular complexity index is 897. The van der Waals surface area contributed by atoms with Crippen molar-refractivity contribution in [2.75, 3.05) is 31.1 Å². The number of hydrogen-bond acceptors (Lipinski definition) is 6. The molecular weight excluding hydrogens is 386 g/mol. The molecule has 0 N–H and O–H groups in total. The number of amides is 1. The van der Waals surface area contributed by atoms with Crippen LogP contribution >= 0.6 is 0 Å². The summed E-state index contributed by atoms with van der Waals surface area (Å²) >= 11 is 0. The van der Waals surface area contributed by atoms with Crippen molar-refractivity contribution in [1.82, 2.24) is 9.88 Å². The molecule has 1 amide bonds. The molecule has 0 radical (unpaired) electrons. The zero-order valence-electron chi connectivity index (χ0n) is 15.3. The van der Waals surface area contributed by atoms with Gasteiger partial charge in [-0.15, -0.1) is 0 Å². The number of piperazine rings is 1. The van der Waals surface area contributed by atoms with Gasteiger partial charge in [0, 0.05) is 43.9 Å². The second-order valence-electron chi connectivity index (χ2n) is 6.19. The maximum Gasteiger partial charge on any atom is 0.387 e. The molecule has 0 atom stereocenters. The standard InChI is InChI=1S/C19H18F2N4O4/c20-19(21)29-16-4-2-1-3-14(16)5-8-18(26)24-11-9-23(10-12-24)17-7-6-15(13-22-17)25(27)28/h1-8,13,19H,9-12H2. The molecule has 10 heteroatoms. The number of halogens is 2. The SMILES string of the molecule is O=C(C=Cc1ccccc1OC(F)F)N1CCN(c2ccc([N+](=O)[O-])cn2)CC1. The summed E-state index contributed by atoms with van der Waals surface area (Å²) in [5.41, 5.74) is 0.304. The Balaban J connectivity index is 1.58. The lowest BCUT2D eigenvalue weighted by atomic mass is 10.2. The van der Waals surface area contributed by atoms with Crippen molar-refractivity contribution in [3.05, 3.63) is 64.3 Å². The Morgan fingerprint density at radius 2 is 1.90 bits per heavy atom. The fraction of sp³-hybridized carbons (Fsp3) is 0.263. The number of pyridine rings is 1. The highest BCUT2D eigenvalue weighted by Crippen LogP contribution is 2.22. The van der Waals surface area contributed by atoms with E-state index in [0.29, 0.717) is 37.6 Å². The summed E-state index contributed by atoms with van der Waals surface area (Å²) in [6, 6.07) is 9.20. The second kappa shape index (κ2) is 9.09. The lowest BCUT2D eigenvalue weighted by Crippen LogP contribution is -2.48. The van der Waals surface area contributed by atoms with Crippen molar-refractivity contribution < 1.29 is 23.2 Å². The number of rotatable bonds is 6. The molecule has 152 valence electrons. The third-order valence-electron chi connectivity index (χ3n) is 4.40. The van der Waals surface area contributed by atoms with E-state index in [1.807, 2.05) is 4.90 Å². The molecule has 0 bridgehead atoms. The number of aromatic nitrogens is 1. The van der Waals surface area contributed by atoms with Gasteiger partial charge in [-0.25, -0.2) is 4.98 Å². The van der Waals surface area contributed by atoms with Crippen LogP contribution < -0.4 is 9.64 Å². The largest absolute Gasteiger partial charge is 0.434 e. The molecule has 0 unspecified atom stereocenters. The highest BCUT2D eigenvalue weighted by atomic mass is 19.3. The lowest BCUT2D eigenvalue weighted by Gasteiger charge is -2.34. The van der Waals surface area contributed by atoms with Crippen LogP contribution in [-0.4, -0.2) is 53.5 Å². The molecule has 0 aliphatic carbocycles. The molecule has 1 aliphatic rings. The van der Waals surface area contributed by atoms with Crippen LogP contribution in [0.1, 0.15) is 5.56 Å². The molecule has 29 heavy (non-hydrogen) atoms. The summed E-state index contributed by atoms with van der Waals surface area (Å²) in [5, 5.41) is 10.7. The van der Waals surface area contributed by atoms with Gasteiger partial charge in [-0.05, 0) is 18.2 Å². The highest BCUT2D eigenvalue weighted by Gasteiger charge is 2.21. The Labute approximate surface area is 165 Å². The fourth-order valence-electron chi connectivity index (χ4n) is 2.92. The molecule has 0 spiro atoms. The maximum atomic E-state index is 12.5. The van der Waals surface area contributed by atoms with Gasteiger partial charge in [0.2, 0.25) is 5.91 Å². The van der Waals surface area contributed by atoms with Crippen LogP contribution in [0.3, 0.4) is 0 Å². The third kappa shape index (κ3) is 5.24. The molecule has 2 aromatic rings. The van der Waals surface area contributed by atoms with Crippen molar-refractivity contribution >= 4 is 23.5 Å². The number of nitro groups is 1. The topological polar surface area (TPSA) is 88.8 Å². The van der Waals surface area contributed by atoms with Crippen LogP contribution in [0.2, 0.25) is 0 Å². The van der Waals surface area contributed by atoms with E-state index in [4.69, 9.17) is 0 Å². The Morgan fingerprint density at radius 1 is 1.17 bits per heavy atom. The third-order valence-corrected chi connectivity index (χ3v) is 4.40. The molecule has 0 saturated carbocycles. The van der Waals surface area contributed by atoms with Crippen LogP contribution in [0.4, 0.5) is 20.3 Å². The smallest absolute Gasteiger partial charge is 0.387 e. The first-order chi connectivity index (χ1) is 13.9. The zero-order valence-corrected chi connectivity index (χ0v) is 15.3. The number of benzene rings is 1. The van der Waals surface area contributed by atoms with Gasteiger partial charge in [0.05, 0.1) is 4.92 Å². The minimum atomic E-state index is -2.94. The average molecular weight is 404 g/mol. The molecular formula is C19H18F2N4O4. The summed E-state index contributed by atoms with van der Waals surface area (Å²) < 4.78 is 29.4. The predicted molar refractivity (Wildman–Crippen MR) is 102 cm³/mol. The van der Waals surface area contributed by atoms with Crippen LogP contribution in [0, 0.1) is 10.1 Å². The fourth-order valence-corrected chi connectivity index (χ4v) is 2.92. The van der Waals surface area contributed by atoms with E-state index >= 15 is 0 Å². The summed E-state index contributed by atoms with van der Waals surface area (Å²) in [5.74, 6) is 0.366. The molecule has 1 fully saturated rings. The first-order valence-electron chi connectivity index (χ1n) is 8.80. The van der Waals surface area contributed by atoms with Crippen molar-refractivity contribution in [3.8, 4) is 5.75 Å². The van der Waals surface area contributed by atoms with Gasteiger partial charge < -0.3 is 14.5 Å². The quantitative estimate of drug-likeness (QED) is 0.418. The van der Waals surface area contributed by atoms with E-state index in [2.05, 4.69) is 9.72 Å². The number of carbonyl (C=O) groups is 1. The van der Waals surface area contributed by atoms with Gasteiger partial charge in [-0.1, -0.05) is 18.2 Å². The molecule has 3 rings (SSSR count). The van der Waals surface area contributed by atoms with Gasteiger partial charge in [-0.2, -0.15) is 8.78 Å². The lowest BCUT2D eigenvalue weighted by molar-refractivity contribution is -0.385. The zero-order chi connectivity index (χ0) is 20.8. The number of ether oxygens (including phenoxy) is 1. The van der Waals surface area contributed by atoms with Crippen LogP contribution in [-0.2, 0) is 4.79 Å². The minimum Gasteiger partial charge on any atom is -0.434 e. The van der Waals surface area contributed by atoms with Crippen molar-refractivity contribution in [2.45, 2.75) is 6.61 Å². The number of anilines is 1. The van der Waals surface area contributed by atoms with E-state index < -0.39 is 11.5 Å². The van der Waals surface area contributed by atoms with Gasteiger partial charge in [0.15, 0.2) is 0 Å². The van der Waals surface area contributed by atoms with Gasteiger partial charge in [0.25, 0.3) is 5.69 Å². The monoisotopic (exact) mass is 404 g/mol. The maximum absolute atomic E-state index is 12.5. The Hall–Kier alpha value is -3.56. The number of alkyl halides is 2. The molecule has 2 heterocycles. The Morgan fingerprint density at radius 3 is 2.52 bits per heavy atom. The van der Waals surface area contributed by atoms with Gasteiger partial charge in [-0.3, -0.25) is 14.9 Å². The summed E-state index contributed by atoms with van der Waals surface area (Å²) in [6.07, 6.45) is 3.98. The number of para-hydroxylation sites is 1. The second-order valence-corrected chi connectivity index (χ2v) is 6.19. The van der Waals surface area contributed by atoms with E-state index in [0.717, 1.165) is 0 Å². The minimum absolute atomic E-state index is 0.000569. The van der Waals surface area contributed by atoms with Crippen LogP contribution in [0.5, 0.6) is 5.75 Å². The van der Waals surface area contributed by atoms with Gasteiger partial charge in [0.1, 0.15) is 17.8 Å². The van der Waals surface area contributed by atoms with E-state index in [-0.39, 0.29) is 17.3 Å². The summed E-state index contributed by atoms with van der Waals surface area (Å²) in [7, 11) is 0. The van der Waals surface area contributed by atoms with Crippen molar-refractivity contribution in [2.24, 2.45) is 0 Å². The van der Waals surface area contributed by atoms with Crippen LogP contribution in [0.25, 0.3) is 6.08 Å². The van der Waals surface area contributed by atoms with E-state index in [9.17, 15) is 23.7 Å². The van der Waals surface area contributed by atoms with E-state index in [1.165, 1.54) is 30.5 Å². The summed E-state index contributed by atoms with van der Waals surface area (Å²) in [4.78, 5) is 30.3. The average Bonchev–Trinajstić information content (AvgIpc) is 2.72. The van der Waals surface area contributed by atoms with Crippen molar-refractivity contribution in [1.29, 1.82) is 0 Å². The first-order valence-corrected chi connectivity index (χ1v) is 8.80. The molecule has 1 aliphatic heterocycles. The number of hydrogen-bond donors (Lipinski definition) is 0. The molecule has 1 aromatic carbocycles. The molecule has 1 aromatic heterocycles. The van der Waals surface area contributed by atoms with Crippen molar-refractivity contribution in [3.63, 3.8) is 0 Å². The predicted octanol–water partition coefficient (Wildman–Crippen LogP) is 2.95. The van der Waals surface area contributed by atoms with Crippen LogP contribution in [0.15, 0.2) is 48.7 Å². The highest BCUT2D eigenvalue weighted by molar-refractivity contribution is 5.92. The summed E-state index contributed by atoms with van der Waals surface area (Å²) in [6.45, 7) is -1.01. The van der Waals surface area contributed by atoms with Gasteiger partial charge >= 0.3 is 6.61 Å². The Kier molecular flexibility index (Phi) is 6.32. The molecule has 8 nitrogen and oxygen atoms in total. The number of carbonyl (C=O) groups excluding carboxylic acids is 1. The first kappa shape index (κ1) is 20.2. The number of nitrogens with zero attached hydrogens (tertiary/aromatic N) is 4. The normalized spacial score (nSPS) is 14.4. The van der Waals surface area contributed by atoms with E-state index in [1.54, 1.807) is 29.2 Å². The molecule has 1 saturated heterocycles.